The van der Waals surface area contributed by atoms with Crippen LogP contribution in [0.1, 0.15) is 62.7 Å². The van der Waals surface area contributed by atoms with Crippen molar-refractivity contribution in [3.05, 3.63) is 41.5 Å². The third kappa shape index (κ3) is 6.86. The number of nitrogens with one attached hydrogen (secondary N) is 2. The lowest BCUT2D eigenvalue weighted by atomic mass is 9.97. The van der Waals surface area contributed by atoms with Gasteiger partial charge < -0.3 is 10.1 Å². The fraction of sp³-hybridized carbons (Fsp3) is 0.500. The Bertz CT molecular complexity index is 611. The first-order chi connectivity index (χ1) is 12.1. The van der Waals surface area contributed by atoms with Crippen molar-refractivity contribution in [2.45, 2.75) is 58.5 Å². The Labute approximate surface area is 156 Å². The molecule has 1 unspecified atom stereocenters. The average Bonchev–Trinajstić information content (AvgIpc) is 2.63. The van der Waals surface area contributed by atoms with E-state index in [1.165, 1.54) is 31.3 Å². The molecule has 1 aromatic carbocycles. The third-order valence-corrected chi connectivity index (χ3v) is 4.62. The summed E-state index contributed by atoms with van der Waals surface area (Å²) in [5.74, 6) is 0.567. The van der Waals surface area contributed by atoms with E-state index in [-0.39, 0.29) is 12.0 Å². The molecule has 2 rings (SSSR count). The van der Waals surface area contributed by atoms with Crippen molar-refractivity contribution >= 4 is 23.2 Å². The first-order valence-corrected chi connectivity index (χ1v) is 9.53. The van der Waals surface area contributed by atoms with Crippen LogP contribution < -0.4 is 15.4 Å². The fourth-order valence-corrected chi connectivity index (χ4v) is 2.88. The summed E-state index contributed by atoms with van der Waals surface area (Å²) in [6.07, 6.45) is 9.37. The van der Waals surface area contributed by atoms with Gasteiger partial charge in [-0.15, -0.1) is 0 Å². The molecule has 0 heterocycles. The van der Waals surface area contributed by atoms with Gasteiger partial charge in [-0.25, -0.2) is 0 Å². The van der Waals surface area contributed by atoms with E-state index in [0.29, 0.717) is 10.7 Å². The number of amides is 1. The molecule has 4 nitrogen and oxygen atoms in total. The summed E-state index contributed by atoms with van der Waals surface area (Å²) in [6.45, 7) is 4.85. The van der Waals surface area contributed by atoms with Gasteiger partial charge in [0, 0.05) is 12.1 Å². The summed E-state index contributed by atoms with van der Waals surface area (Å²) < 4.78 is 5.71. The summed E-state index contributed by atoms with van der Waals surface area (Å²) in [6, 6.07) is 7.13. The van der Waals surface area contributed by atoms with Crippen molar-refractivity contribution in [2.75, 3.05) is 6.54 Å². The zero-order chi connectivity index (χ0) is 18.1. The van der Waals surface area contributed by atoms with E-state index >= 15 is 0 Å². The molecule has 1 aliphatic carbocycles. The van der Waals surface area contributed by atoms with E-state index < -0.39 is 0 Å². The summed E-state index contributed by atoms with van der Waals surface area (Å²) in [4.78, 5) is 12.2. The number of allylic oxidation sites excluding steroid dienone is 1. The van der Waals surface area contributed by atoms with Gasteiger partial charge in [-0.3, -0.25) is 10.1 Å². The summed E-state index contributed by atoms with van der Waals surface area (Å²) in [5.41, 5.74) is 2.06. The van der Waals surface area contributed by atoms with Crippen LogP contribution in [0.15, 0.2) is 35.9 Å². The Kier molecular flexibility index (Phi) is 7.92. The third-order valence-electron chi connectivity index (χ3n) is 4.37. The Morgan fingerprint density at radius 1 is 1.28 bits per heavy atom. The van der Waals surface area contributed by atoms with Gasteiger partial charge in [-0.2, -0.15) is 0 Å². The van der Waals surface area contributed by atoms with Gasteiger partial charge >= 0.3 is 0 Å². The maximum absolute atomic E-state index is 12.2. The van der Waals surface area contributed by atoms with Crippen LogP contribution >= 0.6 is 12.2 Å². The minimum atomic E-state index is -0.204. The van der Waals surface area contributed by atoms with Crippen LogP contribution in [-0.2, 0) is 0 Å². The Balaban J connectivity index is 1.74. The van der Waals surface area contributed by atoms with Crippen molar-refractivity contribution < 1.29 is 9.53 Å². The van der Waals surface area contributed by atoms with Crippen molar-refractivity contribution in [3.8, 4) is 5.75 Å². The zero-order valence-corrected chi connectivity index (χ0v) is 16.0. The second-order valence-electron chi connectivity index (χ2n) is 6.43. The van der Waals surface area contributed by atoms with Gasteiger partial charge in [0.15, 0.2) is 5.11 Å². The zero-order valence-electron chi connectivity index (χ0n) is 15.1. The van der Waals surface area contributed by atoms with E-state index in [0.717, 1.165) is 25.1 Å². The molecule has 0 saturated carbocycles. The highest BCUT2D eigenvalue weighted by Gasteiger charge is 2.09. The van der Waals surface area contributed by atoms with Crippen LogP contribution in [0.25, 0.3) is 0 Å². The van der Waals surface area contributed by atoms with Crippen LogP contribution in [0, 0.1) is 0 Å². The normalized spacial score (nSPS) is 15.0. The van der Waals surface area contributed by atoms with Gasteiger partial charge in [0.25, 0.3) is 5.91 Å². The molecule has 1 amide bonds. The SMILES string of the molecule is CCC(C)Oc1ccc(C(=O)NC(=S)NCCC2=CCCCC2)cc1. The number of benzene rings is 1. The molecule has 2 N–H and O–H groups in total. The lowest BCUT2D eigenvalue weighted by Crippen LogP contribution is -2.39. The highest BCUT2D eigenvalue weighted by atomic mass is 32.1. The van der Waals surface area contributed by atoms with E-state index in [1.54, 1.807) is 12.1 Å². The second kappa shape index (κ2) is 10.2. The van der Waals surface area contributed by atoms with E-state index in [9.17, 15) is 4.79 Å². The van der Waals surface area contributed by atoms with Crippen molar-refractivity contribution in [2.24, 2.45) is 0 Å². The van der Waals surface area contributed by atoms with Crippen molar-refractivity contribution in [1.29, 1.82) is 0 Å². The number of carbonyl (C=O) groups is 1. The molecule has 0 aromatic heterocycles. The Morgan fingerprint density at radius 2 is 2.04 bits per heavy atom. The molecule has 1 aliphatic rings. The summed E-state index contributed by atoms with van der Waals surface area (Å²) >= 11 is 5.21. The van der Waals surface area contributed by atoms with Crippen LogP contribution in [0.5, 0.6) is 5.75 Å². The molecule has 0 bridgehead atoms. The number of hydrogen-bond donors (Lipinski definition) is 2. The molecular formula is C20H28N2O2S. The van der Waals surface area contributed by atoms with Gasteiger partial charge in [-0.05, 0) is 81.9 Å². The molecule has 0 radical (unpaired) electrons. The number of ether oxygens (including phenoxy) is 1. The Hall–Kier alpha value is -1.88. The predicted octanol–water partition coefficient (Wildman–Crippen LogP) is 4.36. The fourth-order valence-electron chi connectivity index (χ4n) is 2.69. The minimum absolute atomic E-state index is 0.163. The maximum Gasteiger partial charge on any atom is 0.257 e. The minimum Gasteiger partial charge on any atom is -0.491 e. The number of carbonyl (C=O) groups excluding carboxylic acids is 1. The van der Waals surface area contributed by atoms with Gasteiger partial charge in [-0.1, -0.05) is 18.6 Å². The standard InChI is InChI=1S/C20H28N2O2S/c1-3-15(2)24-18-11-9-17(10-12-18)19(23)22-20(25)21-14-13-16-7-5-4-6-8-16/h7,9-12,15H,3-6,8,13-14H2,1-2H3,(H2,21,22,23,25). The summed E-state index contributed by atoms with van der Waals surface area (Å²) in [5, 5.41) is 6.21. The number of rotatable bonds is 7. The molecule has 25 heavy (non-hydrogen) atoms. The smallest absolute Gasteiger partial charge is 0.257 e. The monoisotopic (exact) mass is 360 g/mol. The molecule has 0 aliphatic heterocycles. The van der Waals surface area contributed by atoms with Crippen LogP contribution in [0.4, 0.5) is 0 Å². The summed E-state index contributed by atoms with van der Waals surface area (Å²) in [7, 11) is 0. The highest BCUT2D eigenvalue weighted by molar-refractivity contribution is 7.80. The van der Waals surface area contributed by atoms with Crippen LogP contribution in [0.2, 0.25) is 0 Å². The van der Waals surface area contributed by atoms with E-state index in [2.05, 4.69) is 23.6 Å². The molecule has 0 saturated heterocycles. The quantitative estimate of drug-likeness (QED) is 0.560. The molecular weight excluding hydrogens is 332 g/mol. The first-order valence-electron chi connectivity index (χ1n) is 9.12. The van der Waals surface area contributed by atoms with Crippen LogP contribution in [-0.4, -0.2) is 23.7 Å². The lowest BCUT2D eigenvalue weighted by Gasteiger charge is -2.14. The lowest BCUT2D eigenvalue weighted by molar-refractivity contribution is 0.0976. The molecule has 1 atom stereocenters. The highest BCUT2D eigenvalue weighted by Crippen LogP contribution is 2.19. The largest absolute Gasteiger partial charge is 0.491 e. The molecule has 0 fully saturated rings. The predicted molar refractivity (Wildman–Crippen MR) is 106 cm³/mol. The number of thiocarbonyl (C=S) groups is 1. The molecule has 0 spiro atoms. The second-order valence-corrected chi connectivity index (χ2v) is 6.84. The van der Waals surface area contributed by atoms with E-state index in [1.807, 2.05) is 19.1 Å². The topological polar surface area (TPSA) is 50.4 Å². The van der Waals surface area contributed by atoms with Gasteiger partial charge in [0.1, 0.15) is 5.75 Å². The van der Waals surface area contributed by atoms with Gasteiger partial charge in [0.2, 0.25) is 0 Å². The van der Waals surface area contributed by atoms with Crippen LogP contribution in [0.3, 0.4) is 0 Å². The molecule has 5 heteroatoms. The van der Waals surface area contributed by atoms with Crippen molar-refractivity contribution in [3.63, 3.8) is 0 Å². The van der Waals surface area contributed by atoms with Gasteiger partial charge in [0.05, 0.1) is 6.10 Å². The van der Waals surface area contributed by atoms with E-state index in [4.69, 9.17) is 17.0 Å². The first kappa shape index (κ1) is 19.4. The molecule has 1 aromatic rings. The number of hydrogen-bond acceptors (Lipinski definition) is 3. The molecule has 136 valence electrons. The Morgan fingerprint density at radius 3 is 2.68 bits per heavy atom. The average molecular weight is 361 g/mol. The maximum atomic E-state index is 12.2. The van der Waals surface area contributed by atoms with Crippen molar-refractivity contribution in [1.82, 2.24) is 10.6 Å².